The van der Waals surface area contributed by atoms with Crippen molar-refractivity contribution in [2.45, 2.75) is 51.4 Å². The highest BCUT2D eigenvalue weighted by molar-refractivity contribution is 5.94. The van der Waals surface area contributed by atoms with Gasteiger partial charge in [0.25, 0.3) is 5.91 Å². The van der Waals surface area contributed by atoms with Gasteiger partial charge in [-0.2, -0.15) is 0 Å². The summed E-state index contributed by atoms with van der Waals surface area (Å²) >= 11 is 0. The Morgan fingerprint density at radius 1 is 0.913 bits per heavy atom. The van der Waals surface area contributed by atoms with E-state index < -0.39 is 0 Å². The third-order valence-corrected chi connectivity index (χ3v) is 4.35. The van der Waals surface area contributed by atoms with Crippen LogP contribution in [0, 0.1) is 0 Å². The lowest BCUT2D eigenvalue weighted by atomic mass is 10.1. The molecule has 0 aromatic heterocycles. The zero-order valence-electron chi connectivity index (χ0n) is 13.9. The van der Waals surface area contributed by atoms with Crippen molar-refractivity contribution in [1.82, 2.24) is 10.2 Å². The molecule has 1 heterocycles. The fraction of sp³-hybridized carbons (Fsp3) is 0.579. The van der Waals surface area contributed by atoms with E-state index in [1.54, 1.807) is 0 Å². The SMILES string of the molecule is O=C(NCCCCCC(=O)N1CCCCCC1)c1ccccc1. The van der Waals surface area contributed by atoms with Crippen LogP contribution in [0.1, 0.15) is 61.7 Å². The van der Waals surface area contributed by atoms with Crippen molar-refractivity contribution in [1.29, 1.82) is 0 Å². The third kappa shape index (κ3) is 6.43. The summed E-state index contributed by atoms with van der Waals surface area (Å²) in [6.45, 7) is 2.55. The molecule has 1 aliphatic heterocycles. The van der Waals surface area contributed by atoms with E-state index in [-0.39, 0.29) is 5.91 Å². The van der Waals surface area contributed by atoms with Crippen molar-refractivity contribution in [3.63, 3.8) is 0 Å². The second kappa shape index (κ2) is 10.0. The van der Waals surface area contributed by atoms with Crippen LogP contribution in [0.15, 0.2) is 30.3 Å². The molecule has 0 bridgehead atoms. The largest absolute Gasteiger partial charge is 0.352 e. The Balaban J connectivity index is 1.53. The molecule has 0 spiro atoms. The van der Waals surface area contributed by atoms with Gasteiger partial charge in [-0.25, -0.2) is 0 Å². The minimum absolute atomic E-state index is 0.0220. The van der Waals surface area contributed by atoms with Gasteiger partial charge < -0.3 is 10.2 Å². The molecule has 1 N–H and O–H groups in total. The number of amides is 2. The molecule has 4 nitrogen and oxygen atoms in total. The highest BCUT2D eigenvalue weighted by Crippen LogP contribution is 2.12. The average Bonchev–Trinajstić information content (AvgIpc) is 2.87. The highest BCUT2D eigenvalue weighted by atomic mass is 16.2. The van der Waals surface area contributed by atoms with Crippen molar-refractivity contribution in [2.24, 2.45) is 0 Å². The Labute approximate surface area is 139 Å². The Morgan fingerprint density at radius 3 is 2.30 bits per heavy atom. The molecule has 23 heavy (non-hydrogen) atoms. The molecule has 1 saturated heterocycles. The molecular weight excluding hydrogens is 288 g/mol. The molecule has 1 aliphatic rings. The Kier molecular flexibility index (Phi) is 7.64. The van der Waals surface area contributed by atoms with Gasteiger partial charge in [0.05, 0.1) is 0 Å². The summed E-state index contributed by atoms with van der Waals surface area (Å²) in [5, 5.41) is 2.92. The zero-order chi connectivity index (χ0) is 16.3. The summed E-state index contributed by atoms with van der Waals surface area (Å²) in [5.74, 6) is 0.284. The maximum atomic E-state index is 12.1. The summed E-state index contributed by atoms with van der Waals surface area (Å²) in [5.41, 5.74) is 0.698. The first-order valence-corrected chi connectivity index (χ1v) is 8.88. The van der Waals surface area contributed by atoms with E-state index in [0.29, 0.717) is 24.4 Å². The van der Waals surface area contributed by atoms with Gasteiger partial charge in [-0.15, -0.1) is 0 Å². The summed E-state index contributed by atoms with van der Waals surface area (Å²) in [7, 11) is 0. The molecule has 1 aromatic carbocycles. The van der Waals surface area contributed by atoms with Crippen molar-refractivity contribution in [3.05, 3.63) is 35.9 Å². The minimum atomic E-state index is -0.0220. The third-order valence-electron chi connectivity index (χ3n) is 4.35. The first kappa shape index (κ1) is 17.5. The number of benzene rings is 1. The normalized spacial score (nSPS) is 15.0. The molecule has 0 saturated carbocycles. The number of nitrogens with one attached hydrogen (secondary N) is 1. The van der Waals surface area contributed by atoms with Crippen molar-refractivity contribution >= 4 is 11.8 Å². The lowest BCUT2D eigenvalue weighted by Crippen LogP contribution is -2.31. The van der Waals surface area contributed by atoms with Crippen LogP contribution in [0.3, 0.4) is 0 Å². The number of carbonyl (C=O) groups excluding carboxylic acids is 2. The quantitative estimate of drug-likeness (QED) is 0.784. The van der Waals surface area contributed by atoms with E-state index in [0.717, 1.165) is 45.2 Å². The van der Waals surface area contributed by atoms with Crippen molar-refractivity contribution in [3.8, 4) is 0 Å². The number of unbranched alkanes of at least 4 members (excludes halogenated alkanes) is 2. The predicted octanol–water partition coefficient (Wildman–Crippen LogP) is 3.38. The van der Waals surface area contributed by atoms with Gasteiger partial charge >= 0.3 is 0 Å². The van der Waals surface area contributed by atoms with Crippen molar-refractivity contribution in [2.75, 3.05) is 19.6 Å². The maximum Gasteiger partial charge on any atom is 0.251 e. The Hall–Kier alpha value is -1.84. The average molecular weight is 316 g/mol. The molecule has 2 rings (SSSR count). The molecular formula is C19H28N2O2. The highest BCUT2D eigenvalue weighted by Gasteiger charge is 2.14. The summed E-state index contributed by atoms with van der Waals surface area (Å²) < 4.78 is 0. The molecule has 0 atom stereocenters. The molecule has 0 radical (unpaired) electrons. The monoisotopic (exact) mass is 316 g/mol. The number of rotatable bonds is 7. The second-order valence-corrected chi connectivity index (χ2v) is 6.23. The standard InChI is InChI=1S/C19H28N2O2/c22-18(21-15-9-1-2-10-16-21)13-7-4-8-14-20-19(23)17-11-5-3-6-12-17/h3,5-6,11-12H,1-2,4,7-10,13-16H2,(H,20,23). The van der Waals surface area contributed by atoms with Crippen LogP contribution in [0.25, 0.3) is 0 Å². The summed E-state index contributed by atoms with van der Waals surface area (Å²) in [6, 6.07) is 9.26. The van der Waals surface area contributed by atoms with Crippen LogP contribution in [0.5, 0.6) is 0 Å². The number of carbonyl (C=O) groups is 2. The van der Waals surface area contributed by atoms with Crippen LogP contribution in [-0.4, -0.2) is 36.3 Å². The second-order valence-electron chi connectivity index (χ2n) is 6.23. The predicted molar refractivity (Wildman–Crippen MR) is 92.3 cm³/mol. The molecule has 1 fully saturated rings. The number of hydrogen-bond acceptors (Lipinski definition) is 2. The van der Waals surface area contributed by atoms with Gasteiger partial charge in [0.1, 0.15) is 0 Å². The first-order chi connectivity index (χ1) is 11.3. The number of hydrogen-bond donors (Lipinski definition) is 1. The Morgan fingerprint density at radius 2 is 1.61 bits per heavy atom. The van der Waals surface area contributed by atoms with E-state index >= 15 is 0 Å². The van der Waals surface area contributed by atoms with Crippen LogP contribution in [0.4, 0.5) is 0 Å². The smallest absolute Gasteiger partial charge is 0.251 e. The van der Waals surface area contributed by atoms with E-state index in [2.05, 4.69) is 5.32 Å². The van der Waals surface area contributed by atoms with Gasteiger partial charge in [0, 0.05) is 31.6 Å². The van der Waals surface area contributed by atoms with Gasteiger partial charge in [0.15, 0.2) is 0 Å². The van der Waals surface area contributed by atoms with Gasteiger partial charge in [-0.1, -0.05) is 37.5 Å². The van der Waals surface area contributed by atoms with Crippen LogP contribution in [0.2, 0.25) is 0 Å². The lowest BCUT2D eigenvalue weighted by molar-refractivity contribution is -0.131. The van der Waals surface area contributed by atoms with Crippen LogP contribution in [-0.2, 0) is 4.79 Å². The van der Waals surface area contributed by atoms with Crippen LogP contribution < -0.4 is 5.32 Å². The topological polar surface area (TPSA) is 49.4 Å². The molecule has 2 amide bonds. The zero-order valence-corrected chi connectivity index (χ0v) is 13.9. The fourth-order valence-electron chi connectivity index (χ4n) is 2.95. The molecule has 4 heteroatoms. The molecule has 0 aliphatic carbocycles. The number of likely N-dealkylation sites (tertiary alicyclic amines) is 1. The van der Waals surface area contributed by atoms with Gasteiger partial charge in [-0.05, 0) is 37.8 Å². The summed E-state index contributed by atoms with van der Waals surface area (Å²) in [6.07, 6.45) is 8.27. The molecule has 126 valence electrons. The van der Waals surface area contributed by atoms with Crippen molar-refractivity contribution < 1.29 is 9.59 Å². The first-order valence-electron chi connectivity index (χ1n) is 8.88. The van der Waals surface area contributed by atoms with Gasteiger partial charge in [0.2, 0.25) is 5.91 Å². The van der Waals surface area contributed by atoms with E-state index in [1.165, 1.54) is 12.8 Å². The van der Waals surface area contributed by atoms with E-state index in [1.807, 2.05) is 35.2 Å². The van der Waals surface area contributed by atoms with E-state index in [9.17, 15) is 9.59 Å². The maximum absolute atomic E-state index is 12.1. The molecule has 0 unspecified atom stereocenters. The Bertz CT molecular complexity index is 479. The minimum Gasteiger partial charge on any atom is -0.352 e. The van der Waals surface area contributed by atoms with Gasteiger partial charge in [-0.3, -0.25) is 9.59 Å². The van der Waals surface area contributed by atoms with E-state index in [4.69, 9.17) is 0 Å². The number of nitrogens with zero attached hydrogens (tertiary/aromatic N) is 1. The summed E-state index contributed by atoms with van der Waals surface area (Å²) in [4.78, 5) is 26.0. The fourth-order valence-corrected chi connectivity index (χ4v) is 2.95. The van der Waals surface area contributed by atoms with Crippen LogP contribution >= 0.6 is 0 Å². The molecule has 1 aromatic rings. The lowest BCUT2D eigenvalue weighted by Gasteiger charge is -2.20.